The summed E-state index contributed by atoms with van der Waals surface area (Å²) in [5.41, 5.74) is 1.53. The van der Waals surface area contributed by atoms with E-state index in [9.17, 15) is 14.7 Å². The van der Waals surface area contributed by atoms with E-state index in [4.69, 9.17) is 9.72 Å². The summed E-state index contributed by atoms with van der Waals surface area (Å²) < 4.78 is 6.39. The molecule has 5 rings (SSSR count). The number of carbonyl (C=O) groups excluding carboxylic acids is 1. The smallest absolute Gasteiger partial charge is 0.346 e. The summed E-state index contributed by atoms with van der Waals surface area (Å²) in [4.78, 5) is 35.0. The molecule has 0 bridgehead atoms. The van der Waals surface area contributed by atoms with E-state index < -0.39 is 11.9 Å². The predicted octanol–water partition coefficient (Wildman–Crippen LogP) is 7.95. The van der Waals surface area contributed by atoms with Crippen LogP contribution in [0.4, 0.5) is 0 Å². The van der Waals surface area contributed by atoms with Gasteiger partial charge in [-0.25, -0.2) is 9.78 Å². The van der Waals surface area contributed by atoms with Gasteiger partial charge in [-0.05, 0) is 115 Å². The summed E-state index contributed by atoms with van der Waals surface area (Å²) in [7, 11) is 0. The molecule has 1 atom stereocenters. The van der Waals surface area contributed by atoms with Gasteiger partial charge in [0, 0.05) is 29.9 Å². The molecule has 3 aliphatic rings. The molecule has 1 aliphatic heterocycles. The molecule has 1 saturated heterocycles. The van der Waals surface area contributed by atoms with E-state index in [0.29, 0.717) is 17.4 Å². The molecule has 0 amide bonds. The molecular formula is C36H48N2O4S. The van der Waals surface area contributed by atoms with E-state index in [1.54, 1.807) is 0 Å². The number of pyridine rings is 1. The van der Waals surface area contributed by atoms with Crippen molar-refractivity contribution in [3.05, 3.63) is 45.3 Å². The maximum atomic E-state index is 14.3. The first kappa shape index (κ1) is 31.7. The first-order valence-corrected chi connectivity index (χ1v) is 17.2. The van der Waals surface area contributed by atoms with Crippen LogP contribution in [0.5, 0.6) is 5.88 Å². The molecule has 2 saturated carbocycles. The van der Waals surface area contributed by atoms with Crippen LogP contribution >= 0.6 is 11.3 Å². The fourth-order valence-electron chi connectivity index (χ4n) is 7.04. The second kappa shape index (κ2) is 13.9. The first-order valence-electron chi connectivity index (χ1n) is 16.3. The summed E-state index contributed by atoms with van der Waals surface area (Å²) in [5.74, 6) is 6.74. The summed E-state index contributed by atoms with van der Waals surface area (Å²) >= 11 is 1.22. The van der Waals surface area contributed by atoms with Crippen LogP contribution in [0.1, 0.15) is 124 Å². The Balaban J connectivity index is 1.33. The van der Waals surface area contributed by atoms with Crippen LogP contribution in [0.15, 0.2) is 24.3 Å². The van der Waals surface area contributed by atoms with Crippen molar-refractivity contribution in [1.29, 1.82) is 0 Å². The number of hydrogen-bond donors (Lipinski definition) is 1. The number of carboxylic acids is 1. The average molecular weight is 605 g/mol. The highest BCUT2D eigenvalue weighted by Crippen LogP contribution is 2.44. The third kappa shape index (κ3) is 8.48. The molecule has 7 heteroatoms. The van der Waals surface area contributed by atoms with Gasteiger partial charge < -0.3 is 9.84 Å². The second-order valence-corrected chi connectivity index (χ2v) is 15.2. The van der Waals surface area contributed by atoms with Crippen molar-refractivity contribution in [3.8, 4) is 17.7 Å². The summed E-state index contributed by atoms with van der Waals surface area (Å²) in [6.45, 7) is 11.5. The van der Waals surface area contributed by atoms with Gasteiger partial charge in [-0.3, -0.25) is 9.69 Å². The zero-order chi connectivity index (χ0) is 30.6. The number of carboxylic acid groups (broad SMARTS) is 1. The van der Waals surface area contributed by atoms with Crippen molar-refractivity contribution in [1.82, 2.24) is 9.88 Å². The van der Waals surface area contributed by atoms with Crippen molar-refractivity contribution in [2.45, 2.75) is 110 Å². The Hall–Kier alpha value is -2.69. The van der Waals surface area contributed by atoms with Gasteiger partial charge >= 0.3 is 5.97 Å². The van der Waals surface area contributed by atoms with Gasteiger partial charge in [-0.2, -0.15) is 0 Å². The molecule has 1 N–H and O–H groups in total. The highest BCUT2D eigenvalue weighted by Gasteiger charge is 2.40. The number of aromatic nitrogens is 1. The average Bonchev–Trinajstić information content (AvgIpc) is 3.64. The fraction of sp³-hybridized carbons (Fsp3) is 0.639. The minimum absolute atomic E-state index is 0.00312. The molecule has 3 fully saturated rings. The first-order chi connectivity index (χ1) is 20.6. The molecule has 2 aromatic heterocycles. The number of Topliss-reactive ketones (excluding diaryl/α,β-unsaturated/α-hetero) is 1. The van der Waals surface area contributed by atoms with Crippen molar-refractivity contribution >= 4 is 23.1 Å². The number of nitrogens with zero attached hydrogens (tertiary/aromatic N) is 2. The molecule has 2 aromatic rings. The standard InChI is InChI=1S/C36H48N2O4S/c1-24-10-12-26(13-11-24)33(39)32(30-22-29(18-19-36(2,3)4)43-34(30)35(40)41)25-14-16-28(17-15-25)42-31-9-7-8-27(37-31)23-38-20-5-6-21-38/h7-9,22,24-26,28,32H,5-6,10-17,20-21,23H2,1-4H3,(H,40,41)/t24?,25-,26?,28-,32?. The van der Waals surface area contributed by atoms with Crippen LogP contribution in [-0.4, -0.2) is 45.9 Å². The molecule has 232 valence electrons. The van der Waals surface area contributed by atoms with Gasteiger partial charge in [-0.15, -0.1) is 11.3 Å². The highest BCUT2D eigenvalue weighted by atomic mass is 32.1. The van der Waals surface area contributed by atoms with Crippen molar-refractivity contribution in [2.24, 2.45) is 23.2 Å². The number of rotatable bonds is 9. The Kier molecular flexibility index (Phi) is 10.3. The third-order valence-electron chi connectivity index (χ3n) is 9.42. The van der Waals surface area contributed by atoms with E-state index in [1.165, 1.54) is 24.2 Å². The third-order valence-corrected chi connectivity index (χ3v) is 10.5. The molecule has 0 aromatic carbocycles. The normalized spacial score (nSPS) is 25.5. The van der Waals surface area contributed by atoms with Gasteiger partial charge in [0.1, 0.15) is 16.8 Å². The number of hydrogen-bond acceptors (Lipinski definition) is 6. The van der Waals surface area contributed by atoms with Crippen LogP contribution in [0.3, 0.4) is 0 Å². The Morgan fingerprint density at radius 3 is 2.42 bits per heavy atom. The monoisotopic (exact) mass is 604 g/mol. The fourth-order valence-corrected chi connectivity index (χ4v) is 7.94. The summed E-state index contributed by atoms with van der Waals surface area (Å²) in [6.07, 6.45) is 9.81. The van der Waals surface area contributed by atoms with Gasteiger partial charge in [0.25, 0.3) is 0 Å². The lowest BCUT2D eigenvalue weighted by Crippen LogP contribution is -2.34. The number of likely N-dealkylation sites (tertiary alicyclic amines) is 1. The van der Waals surface area contributed by atoms with Crippen LogP contribution in [-0.2, 0) is 11.3 Å². The molecule has 3 heterocycles. The molecule has 2 aliphatic carbocycles. The Morgan fingerprint density at radius 2 is 1.77 bits per heavy atom. The minimum atomic E-state index is -0.962. The van der Waals surface area contributed by atoms with Crippen molar-refractivity contribution < 1.29 is 19.4 Å². The van der Waals surface area contributed by atoms with Crippen LogP contribution in [0.25, 0.3) is 0 Å². The molecule has 1 unspecified atom stereocenters. The number of aromatic carboxylic acids is 1. The number of ether oxygens (including phenoxy) is 1. The van der Waals surface area contributed by atoms with Crippen LogP contribution in [0, 0.1) is 35.0 Å². The molecule has 43 heavy (non-hydrogen) atoms. The van der Waals surface area contributed by atoms with Gasteiger partial charge in [0.05, 0.1) is 10.6 Å². The van der Waals surface area contributed by atoms with Gasteiger partial charge in [-0.1, -0.05) is 37.7 Å². The lowest BCUT2D eigenvalue weighted by molar-refractivity contribution is -0.127. The Bertz CT molecular complexity index is 1330. The zero-order valence-corrected chi connectivity index (χ0v) is 27.2. The summed E-state index contributed by atoms with van der Waals surface area (Å²) in [6, 6.07) is 7.97. The lowest BCUT2D eigenvalue weighted by atomic mass is 9.69. The highest BCUT2D eigenvalue weighted by molar-refractivity contribution is 7.14. The Morgan fingerprint density at radius 1 is 1.07 bits per heavy atom. The van der Waals surface area contributed by atoms with E-state index in [0.717, 1.165) is 81.6 Å². The molecule has 0 spiro atoms. The Labute approximate surface area is 261 Å². The maximum Gasteiger partial charge on any atom is 0.346 e. The van der Waals surface area contributed by atoms with Gasteiger partial charge in [0.2, 0.25) is 5.88 Å². The van der Waals surface area contributed by atoms with E-state index in [1.807, 2.05) is 39.0 Å². The van der Waals surface area contributed by atoms with Gasteiger partial charge in [0.15, 0.2) is 0 Å². The zero-order valence-electron chi connectivity index (χ0n) is 26.4. The largest absolute Gasteiger partial charge is 0.477 e. The predicted molar refractivity (Wildman–Crippen MR) is 172 cm³/mol. The number of ketones is 1. The maximum absolute atomic E-state index is 14.3. The van der Waals surface area contributed by atoms with E-state index in [2.05, 4.69) is 29.7 Å². The van der Waals surface area contributed by atoms with E-state index in [-0.39, 0.29) is 34.0 Å². The van der Waals surface area contributed by atoms with Crippen LogP contribution in [0.2, 0.25) is 0 Å². The van der Waals surface area contributed by atoms with E-state index >= 15 is 0 Å². The van der Waals surface area contributed by atoms with Crippen molar-refractivity contribution in [2.75, 3.05) is 13.1 Å². The summed E-state index contributed by atoms with van der Waals surface area (Å²) in [5, 5.41) is 10.2. The minimum Gasteiger partial charge on any atom is -0.477 e. The topological polar surface area (TPSA) is 79.7 Å². The SMILES string of the molecule is CC1CCC(C(=O)C(c2cc(C#CC(C)(C)C)sc2C(=O)O)[C@H]2CC[C@H](Oc3cccc(CN4CCCC4)n3)CC2)CC1. The number of thiophene rings is 1. The van der Waals surface area contributed by atoms with Crippen LogP contribution < -0.4 is 4.74 Å². The quantitative estimate of drug-likeness (QED) is 0.293. The van der Waals surface area contributed by atoms with Crippen molar-refractivity contribution in [3.63, 3.8) is 0 Å². The number of carbonyl (C=O) groups is 2. The molecular weight excluding hydrogens is 556 g/mol. The lowest BCUT2D eigenvalue weighted by Gasteiger charge is -2.36. The second-order valence-electron chi connectivity index (χ2n) is 14.1. The molecule has 6 nitrogen and oxygen atoms in total. The molecule has 0 radical (unpaired) electrons.